The third-order valence-corrected chi connectivity index (χ3v) is 6.74. The lowest BCUT2D eigenvalue weighted by Crippen LogP contribution is -2.25. The Bertz CT molecular complexity index is 1850. The molecule has 3 heterocycles. The Balaban J connectivity index is 1.60. The van der Waals surface area contributed by atoms with Crippen molar-refractivity contribution in [3.63, 3.8) is 0 Å². The molecule has 37 heavy (non-hydrogen) atoms. The zero-order valence-electron chi connectivity index (χ0n) is 19.2. The Hall–Kier alpha value is -4.56. The van der Waals surface area contributed by atoms with Gasteiger partial charge < -0.3 is 23.4 Å². The average Bonchev–Trinajstić information content (AvgIpc) is 2.89. The van der Waals surface area contributed by atoms with Crippen molar-refractivity contribution >= 4 is 39.5 Å². The molecule has 1 aliphatic heterocycles. The third-order valence-electron chi connectivity index (χ3n) is 6.51. The number of phenols is 1. The Labute approximate surface area is 213 Å². The molecule has 0 aliphatic carbocycles. The summed E-state index contributed by atoms with van der Waals surface area (Å²) in [7, 11) is 1.54. The number of fused-ring (bicyclic) bond motifs is 4. The molecule has 0 radical (unpaired) electrons. The molecule has 0 fully saturated rings. The zero-order valence-corrected chi connectivity index (χ0v) is 20.0. The Kier molecular flexibility index (Phi) is 5.27. The van der Waals surface area contributed by atoms with Gasteiger partial charge in [0.25, 0.3) is 0 Å². The van der Waals surface area contributed by atoms with E-state index >= 15 is 0 Å². The van der Waals surface area contributed by atoms with E-state index in [4.69, 9.17) is 29.9 Å². The van der Waals surface area contributed by atoms with Crippen LogP contribution in [0.2, 0.25) is 5.02 Å². The van der Waals surface area contributed by atoms with E-state index < -0.39 is 23.1 Å². The minimum Gasteiger partial charge on any atom is -0.507 e. The van der Waals surface area contributed by atoms with Crippen molar-refractivity contribution in [2.24, 2.45) is 0 Å². The summed E-state index contributed by atoms with van der Waals surface area (Å²) in [5.74, 6) is -1.26. The fraction of sp³-hybridized carbons (Fsp3) is 0.107. The number of ether oxygens (including phenoxy) is 2. The normalized spacial score (nSPS) is 15.0. The smallest absolute Gasteiger partial charge is 0.312 e. The summed E-state index contributed by atoms with van der Waals surface area (Å²) in [5, 5.41) is 11.3. The minimum absolute atomic E-state index is 0.00260. The second-order valence-electron chi connectivity index (χ2n) is 8.61. The highest BCUT2D eigenvalue weighted by molar-refractivity contribution is 6.31. The number of rotatable bonds is 3. The number of carbonyl (C=O) groups excluding carboxylic acids is 1. The molecule has 0 spiro atoms. The first-order chi connectivity index (χ1) is 17.9. The van der Waals surface area contributed by atoms with E-state index in [1.807, 2.05) is 0 Å². The van der Waals surface area contributed by atoms with E-state index in [-0.39, 0.29) is 45.1 Å². The summed E-state index contributed by atoms with van der Waals surface area (Å²) < 4.78 is 22.1. The molecule has 0 saturated carbocycles. The molecule has 1 aliphatic rings. The molecule has 1 atom stereocenters. The van der Waals surface area contributed by atoms with Gasteiger partial charge in [-0.3, -0.25) is 14.4 Å². The molecule has 9 heteroatoms. The van der Waals surface area contributed by atoms with Crippen LogP contribution >= 0.6 is 11.6 Å². The van der Waals surface area contributed by atoms with Crippen LogP contribution in [0.5, 0.6) is 17.2 Å². The van der Waals surface area contributed by atoms with Crippen molar-refractivity contribution in [2.75, 3.05) is 7.11 Å². The van der Waals surface area contributed by atoms with Crippen molar-refractivity contribution in [2.45, 2.75) is 12.3 Å². The van der Waals surface area contributed by atoms with Crippen LogP contribution in [0.25, 0.3) is 33.1 Å². The second kappa shape index (κ2) is 8.53. The van der Waals surface area contributed by atoms with Gasteiger partial charge in [0.15, 0.2) is 5.43 Å². The van der Waals surface area contributed by atoms with Gasteiger partial charge in [0.1, 0.15) is 40.1 Å². The lowest BCUT2D eigenvalue weighted by atomic mass is 9.85. The van der Waals surface area contributed by atoms with E-state index in [1.165, 1.54) is 31.8 Å². The number of hydrogen-bond acceptors (Lipinski definition) is 8. The molecule has 5 aromatic rings. The third kappa shape index (κ3) is 3.65. The topological polar surface area (TPSA) is 116 Å². The van der Waals surface area contributed by atoms with E-state index in [1.54, 1.807) is 36.4 Å². The van der Waals surface area contributed by atoms with Crippen LogP contribution < -0.4 is 20.3 Å². The van der Waals surface area contributed by atoms with Crippen LogP contribution in [0.1, 0.15) is 23.5 Å². The molecular formula is C28H17ClO8. The van der Waals surface area contributed by atoms with E-state index in [0.717, 1.165) is 0 Å². The predicted molar refractivity (Wildman–Crippen MR) is 136 cm³/mol. The maximum Gasteiger partial charge on any atom is 0.312 e. The van der Waals surface area contributed by atoms with Crippen LogP contribution in [-0.4, -0.2) is 18.2 Å². The summed E-state index contributed by atoms with van der Waals surface area (Å²) >= 11 is 6.09. The lowest BCUT2D eigenvalue weighted by Gasteiger charge is -2.25. The second-order valence-corrected chi connectivity index (χ2v) is 9.05. The number of methoxy groups -OCH3 is 1. The molecule has 184 valence electrons. The molecule has 3 aromatic carbocycles. The molecule has 0 bridgehead atoms. The van der Waals surface area contributed by atoms with Crippen molar-refractivity contribution in [1.29, 1.82) is 0 Å². The maximum atomic E-state index is 13.5. The van der Waals surface area contributed by atoms with Gasteiger partial charge in [0.05, 0.1) is 30.7 Å². The van der Waals surface area contributed by atoms with Gasteiger partial charge in [-0.25, -0.2) is 0 Å². The number of carbonyl (C=O) groups is 1. The molecule has 8 nitrogen and oxygen atoms in total. The fourth-order valence-electron chi connectivity index (χ4n) is 4.73. The lowest BCUT2D eigenvalue weighted by molar-refractivity contribution is -0.135. The highest BCUT2D eigenvalue weighted by Crippen LogP contribution is 2.45. The Morgan fingerprint density at radius 1 is 0.973 bits per heavy atom. The summed E-state index contributed by atoms with van der Waals surface area (Å²) in [6.45, 7) is 0. The number of aromatic hydroxyl groups is 1. The Morgan fingerprint density at radius 2 is 1.76 bits per heavy atom. The highest BCUT2D eigenvalue weighted by atomic mass is 35.5. The SMILES string of the molecule is COc1ccc(-c2coc3c4c(cc(O)c3c2=O)OC(=O)C[C@@H]4c2coc3ccc(Cl)cc3c2=O)cc1. The van der Waals surface area contributed by atoms with Gasteiger partial charge in [-0.05, 0) is 35.9 Å². The van der Waals surface area contributed by atoms with Gasteiger partial charge in [0.2, 0.25) is 5.43 Å². The first-order valence-electron chi connectivity index (χ1n) is 11.2. The highest BCUT2D eigenvalue weighted by Gasteiger charge is 2.35. The van der Waals surface area contributed by atoms with Gasteiger partial charge in [0, 0.05) is 28.1 Å². The quantitative estimate of drug-likeness (QED) is 0.251. The monoisotopic (exact) mass is 516 g/mol. The number of esters is 1. The van der Waals surface area contributed by atoms with E-state index in [2.05, 4.69) is 0 Å². The number of phenolic OH excluding ortho intramolecular Hbond substituents is 1. The summed E-state index contributed by atoms with van der Waals surface area (Å²) in [4.78, 5) is 39.4. The number of benzene rings is 3. The average molecular weight is 517 g/mol. The molecule has 2 aromatic heterocycles. The molecule has 1 N–H and O–H groups in total. The summed E-state index contributed by atoms with van der Waals surface area (Å²) in [5.41, 5.74) is 0.718. The molecule has 0 saturated heterocycles. The van der Waals surface area contributed by atoms with Crippen LogP contribution in [0.15, 0.2) is 79.5 Å². The molecule has 6 rings (SSSR count). The predicted octanol–water partition coefficient (Wildman–Crippen LogP) is 5.38. The van der Waals surface area contributed by atoms with Crippen LogP contribution in [0, 0.1) is 0 Å². The zero-order chi connectivity index (χ0) is 25.8. The van der Waals surface area contributed by atoms with Crippen LogP contribution in [0.3, 0.4) is 0 Å². The maximum absolute atomic E-state index is 13.5. The van der Waals surface area contributed by atoms with Gasteiger partial charge in [-0.2, -0.15) is 0 Å². The van der Waals surface area contributed by atoms with E-state index in [9.17, 15) is 19.5 Å². The van der Waals surface area contributed by atoms with E-state index in [0.29, 0.717) is 27.5 Å². The standard InChI is InChI=1S/C28H17ClO8/c1-34-15-5-2-13(3-6-15)18-11-36-28-24-16(9-23(31)37-22(24)10-20(30)25(28)27(18)33)19-12-35-21-7-4-14(29)8-17(21)26(19)32/h2-8,10-12,16,30H,9H2,1H3/t16-/m1/s1. The first-order valence-corrected chi connectivity index (χ1v) is 11.6. The summed E-state index contributed by atoms with van der Waals surface area (Å²) in [6, 6.07) is 12.7. The van der Waals surface area contributed by atoms with Gasteiger partial charge >= 0.3 is 5.97 Å². The minimum atomic E-state index is -0.853. The van der Waals surface area contributed by atoms with Crippen molar-refractivity contribution in [3.05, 3.63) is 97.7 Å². The van der Waals surface area contributed by atoms with Crippen molar-refractivity contribution in [1.82, 2.24) is 0 Å². The van der Waals surface area contributed by atoms with Crippen molar-refractivity contribution in [3.8, 4) is 28.4 Å². The molecule has 0 amide bonds. The van der Waals surface area contributed by atoms with Crippen molar-refractivity contribution < 1.29 is 28.2 Å². The first kappa shape index (κ1) is 22.9. The molecular weight excluding hydrogens is 500 g/mol. The summed E-state index contributed by atoms with van der Waals surface area (Å²) in [6.07, 6.45) is 2.37. The fourth-order valence-corrected chi connectivity index (χ4v) is 4.90. The van der Waals surface area contributed by atoms with Gasteiger partial charge in [-0.1, -0.05) is 23.7 Å². The number of halogens is 1. The number of hydrogen-bond donors (Lipinski definition) is 1. The Morgan fingerprint density at radius 3 is 2.51 bits per heavy atom. The van der Waals surface area contributed by atoms with Crippen LogP contribution in [0.4, 0.5) is 0 Å². The van der Waals surface area contributed by atoms with Crippen LogP contribution in [-0.2, 0) is 4.79 Å². The van der Waals surface area contributed by atoms with Gasteiger partial charge in [-0.15, -0.1) is 0 Å². The largest absolute Gasteiger partial charge is 0.507 e. The molecule has 0 unspecified atom stereocenters.